The number of benzene rings is 2. The minimum atomic E-state index is -3.97. The number of halogens is 1. The first kappa shape index (κ1) is 27.4. The van der Waals surface area contributed by atoms with E-state index in [0.29, 0.717) is 46.7 Å². The molecule has 11 heteroatoms. The molecule has 0 bridgehead atoms. The lowest BCUT2D eigenvalue weighted by Gasteiger charge is -2.33. The molecule has 4 aromatic rings. The summed E-state index contributed by atoms with van der Waals surface area (Å²) in [5.74, 6) is -0.406. The lowest BCUT2D eigenvalue weighted by Crippen LogP contribution is -2.50. The maximum absolute atomic E-state index is 15.4. The number of pyridine rings is 1. The Labute approximate surface area is 238 Å². The van der Waals surface area contributed by atoms with E-state index in [1.54, 1.807) is 37.4 Å². The van der Waals surface area contributed by atoms with Crippen LogP contribution in [0.2, 0.25) is 0 Å². The normalized spacial score (nSPS) is 17.8. The summed E-state index contributed by atoms with van der Waals surface area (Å²) >= 11 is 0. The maximum Gasteiger partial charge on any atom is 0.262 e. The molecule has 2 aromatic heterocycles. The number of sulfonamides is 1. The summed E-state index contributed by atoms with van der Waals surface area (Å²) in [4.78, 5) is 4.60. The van der Waals surface area contributed by atoms with Crippen LogP contribution in [-0.2, 0) is 21.3 Å². The van der Waals surface area contributed by atoms with Crippen LogP contribution in [0, 0.1) is 12.7 Å². The first-order valence-electron chi connectivity index (χ1n) is 13.8. The second-order valence-corrected chi connectivity index (χ2v) is 12.3. The van der Waals surface area contributed by atoms with Crippen molar-refractivity contribution in [1.29, 1.82) is 0 Å². The Bertz CT molecular complexity index is 1760. The summed E-state index contributed by atoms with van der Waals surface area (Å²) in [5.41, 5.74) is 10.8. The lowest BCUT2D eigenvalue weighted by molar-refractivity contribution is -0.0103. The van der Waals surface area contributed by atoms with Gasteiger partial charge in [-0.25, -0.2) is 17.8 Å². The molecule has 9 nitrogen and oxygen atoms in total. The number of nitrogens with zero attached hydrogens (tertiary/aromatic N) is 3. The van der Waals surface area contributed by atoms with Gasteiger partial charge in [-0.3, -0.25) is 9.40 Å². The second kappa shape index (κ2) is 10.9. The molecule has 1 saturated heterocycles. The van der Waals surface area contributed by atoms with Gasteiger partial charge in [-0.15, -0.1) is 0 Å². The number of hydrogen-bond acceptors (Lipinski definition) is 7. The zero-order valence-corrected chi connectivity index (χ0v) is 23.8. The van der Waals surface area contributed by atoms with Crippen molar-refractivity contribution in [3.63, 3.8) is 0 Å². The highest BCUT2D eigenvalue weighted by Crippen LogP contribution is 2.39. The summed E-state index contributed by atoms with van der Waals surface area (Å²) in [7, 11) is -3.97. The Morgan fingerprint density at radius 1 is 1.17 bits per heavy atom. The molecule has 0 amide bonds. The van der Waals surface area contributed by atoms with Crippen LogP contribution in [0.5, 0.6) is 0 Å². The molecule has 41 heavy (non-hydrogen) atoms. The minimum Gasteiger partial charge on any atom is -0.383 e. The molecule has 214 valence electrons. The van der Waals surface area contributed by atoms with Gasteiger partial charge in [-0.05, 0) is 62.4 Å². The van der Waals surface area contributed by atoms with Crippen molar-refractivity contribution >= 4 is 38.0 Å². The number of hydrogen-bond donors (Lipinski definition) is 3. The number of aromatic nitrogens is 3. The predicted octanol–water partition coefficient (Wildman–Crippen LogP) is 4.87. The van der Waals surface area contributed by atoms with E-state index < -0.39 is 15.8 Å². The quantitative estimate of drug-likeness (QED) is 0.273. The summed E-state index contributed by atoms with van der Waals surface area (Å²) in [6, 6.07) is 11.8. The summed E-state index contributed by atoms with van der Waals surface area (Å²) < 4.78 is 50.8. The minimum absolute atomic E-state index is 0.0960. The monoisotopic (exact) mass is 576 g/mol. The third kappa shape index (κ3) is 5.20. The van der Waals surface area contributed by atoms with Gasteiger partial charge < -0.3 is 15.8 Å². The molecule has 0 spiro atoms. The fraction of sp³-hybridized carbons (Fsp3) is 0.333. The molecule has 1 atom stereocenters. The van der Waals surface area contributed by atoms with Crippen molar-refractivity contribution < 1.29 is 17.5 Å². The van der Waals surface area contributed by atoms with Crippen LogP contribution in [0.4, 0.5) is 15.9 Å². The van der Waals surface area contributed by atoms with E-state index in [1.807, 2.05) is 11.6 Å². The number of nitrogens with one attached hydrogen (secondary N) is 2. The second-order valence-electron chi connectivity index (χ2n) is 10.6. The fourth-order valence-electron chi connectivity index (χ4n) is 5.60. The van der Waals surface area contributed by atoms with Crippen molar-refractivity contribution in [2.75, 3.05) is 23.7 Å². The Hall–Kier alpha value is -3.80. The van der Waals surface area contributed by atoms with Gasteiger partial charge in [-0.2, -0.15) is 5.10 Å². The van der Waals surface area contributed by atoms with Gasteiger partial charge in [0.1, 0.15) is 17.3 Å². The SMILES string of the molecule is CCn1nc(-c2ccc(NS(=O)(=O)c3ccccc3C)c(F)c2)c2c(N)ncc(C3=CCC(NC4COC4)CC3)c21. The first-order valence-corrected chi connectivity index (χ1v) is 15.3. The van der Waals surface area contributed by atoms with Crippen molar-refractivity contribution in [3.8, 4) is 11.3 Å². The van der Waals surface area contributed by atoms with E-state index in [9.17, 15) is 8.42 Å². The zero-order chi connectivity index (χ0) is 28.7. The number of nitrogens with two attached hydrogens (primary N) is 1. The smallest absolute Gasteiger partial charge is 0.262 e. The number of allylic oxidation sites excluding steroid dienone is 1. The summed E-state index contributed by atoms with van der Waals surface area (Å²) in [6.45, 7) is 5.82. The van der Waals surface area contributed by atoms with Crippen molar-refractivity contribution in [3.05, 3.63) is 71.7 Å². The van der Waals surface area contributed by atoms with E-state index in [-0.39, 0.29) is 10.6 Å². The van der Waals surface area contributed by atoms with Gasteiger partial charge in [0.25, 0.3) is 10.0 Å². The highest BCUT2D eigenvalue weighted by Gasteiger charge is 2.26. The number of ether oxygens (including phenoxy) is 1. The molecule has 1 fully saturated rings. The predicted molar refractivity (Wildman–Crippen MR) is 158 cm³/mol. The standard InChI is InChI=1S/C30H33FN6O3S/c1-3-37-29-23(19-8-11-21(12-9-19)34-22-16-40-17-22)15-33-30(32)27(29)28(35-37)20-10-13-25(24(31)14-20)36-41(38,39)26-7-5-4-6-18(26)2/h4-8,10,13-15,21-22,34,36H,3,9,11-12,16-17H2,1-2H3,(H2,32,33). The molecular weight excluding hydrogens is 543 g/mol. The van der Waals surface area contributed by atoms with Gasteiger partial charge in [0.2, 0.25) is 0 Å². The Kier molecular flexibility index (Phi) is 7.27. The average molecular weight is 577 g/mol. The Morgan fingerprint density at radius 2 is 1.98 bits per heavy atom. The molecule has 0 saturated carbocycles. The third-order valence-electron chi connectivity index (χ3n) is 7.83. The Morgan fingerprint density at radius 3 is 2.63 bits per heavy atom. The van der Waals surface area contributed by atoms with Crippen LogP contribution in [0.15, 0.2) is 59.6 Å². The van der Waals surface area contributed by atoms with Crippen LogP contribution in [-0.4, -0.2) is 48.5 Å². The number of anilines is 2. The molecule has 4 N–H and O–H groups in total. The molecular formula is C30H33FN6O3S. The summed E-state index contributed by atoms with van der Waals surface area (Å²) in [6.07, 6.45) is 6.87. The van der Waals surface area contributed by atoms with Gasteiger partial charge in [0, 0.05) is 29.9 Å². The van der Waals surface area contributed by atoms with E-state index in [0.717, 1.165) is 43.6 Å². The van der Waals surface area contributed by atoms with Gasteiger partial charge in [-0.1, -0.05) is 30.3 Å². The molecule has 2 aliphatic rings. The third-order valence-corrected chi connectivity index (χ3v) is 9.36. The Balaban J connectivity index is 1.34. The maximum atomic E-state index is 15.4. The number of rotatable bonds is 8. The molecule has 0 radical (unpaired) electrons. The zero-order valence-electron chi connectivity index (χ0n) is 23.0. The largest absolute Gasteiger partial charge is 0.383 e. The molecule has 1 unspecified atom stereocenters. The van der Waals surface area contributed by atoms with E-state index in [4.69, 9.17) is 15.6 Å². The lowest BCUT2D eigenvalue weighted by atomic mass is 9.89. The molecule has 1 aliphatic heterocycles. The van der Waals surface area contributed by atoms with Gasteiger partial charge >= 0.3 is 0 Å². The van der Waals surface area contributed by atoms with Crippen LogP contribution in [0.3, 0.4) is 0 Å². The first-order chi connectivity index (χ1) is 19.7. The molecule has 3 heterocycles. The van der Waals surface area contributed by atoms with E-state index in [1.165, 1.54) is 23.8 Å². The van der Waals surface area contributed by atoms with Crippen LogP contribution in [0.25, 0.3) is 27.7 Å². The highest BCUT2D eigenvalue weighted by atomic mass is 32.2. The van der Waals surface area contributed by atoms with E-state index in [2.05, 4.69) is 21.1 Å². The molecule has 2 aromatic carbocycles. The van der Waals surface area contributed by atoms with Crippen molar-refractivity contribution in [1.82, 2.24) is 20.1 Å². The molecule has 1 aliphatic carbocycles. The topological polar surface area (TPSA) is 124 Å². The van der Waals surface area contributed by atoms with Crippen molar-refractivity contribution in [2.45, 2.75) is 56.6 Å². The van der Waals surface area contributed by atoms with Gasteiger partial charge in [0.15, 0.2) is 0 Å². The number of fused-ring (bicyclic) bond motifs is 1. The van der Waals surface area contributed by atoms with Crippen molar-refractivity contribution in [2.24, 2.45) is 0 Å². The van der Waals surface area contributed by atoms with Gasteiger partial charge in [0.05, 0.1) is 40.7 Å². The number of aryl methyl sites for hydroxylation is 2. The van der Waals surface area contributed by atoms with Crippen LogP contribution < -0.4 is 15.8 Å². The highest BCUT2D eigenvalue weighted by molar-refractivity contribution is 7.92. The van der Waals surface area contributed by atoms with E-state index >= 15 is 4.39 Å². The van der Waals surface area contributed by atoms with Crippen LogP contribution in [0.1, 0.15) is 37.3 Å². The summed E-state index contributed by atoms with van der Waals surface area (Å²) in [5, 5.41) is 9.12. The number of nitrogen functional groups attached to an aromatic ring is 1. The average Bonchev–Trinajstić information content (AvgIpc) is 3.33. The fourth-order valence-corrected chi connectivity index (χ4v) is 6.92. The molecule has 6 rings (SSSR count). The van der Waals surface area contributed by atoms with Crippen LogP contribution >= 0.6 is 0 Å².